The predicted octanol–water partition coefficient (Wildman–Crippen LogP) is -0.349. The van der Waals surface area contributed by atoms with Crippen LogP contribution in [0.1, 0.15) is 19.8 Å². The molecule has 0 saturated carbocycles. The third-order valence-electron chi connectivity index (χ3n) is 1.83. The highest BCUT2D eigenvalue weighted by Gasteiger charge is 2.11. The van der Waals surface area contributed by atoms with Gasteiger partial charge in [0.2, 0.25) is 5.91 Å². The van der Waals surface area contributed by atoms with Crippen molar-refractivity contribution in [1.82, 2.24) is 5.32 Å². The largest absolute Gasteiger partial charge is 0.469 e. The van der Waals surface area contributed by atoms with Crippen LogP contribution in [-0.2, 0) is 14.3 Å². The maximum atomic E-state index is 10.9. The fourth-order valence-electron chi connectivity index (χ4n) is 0.991. The Morgan fingerprint density at radius 3 is 2.64 bits per heavy atom. The summed E-state index contributed by atoms with van der Waals surface area (Å²) in [4.78, 5) is 21.3. The summed E-state index contributed by atoms with van der Waals surface area (Å²) in [6.45, 7) is 3.03. The molecule has 0 bridgehead atoms. The first kappa shape index (κ1) is 12.9. The van der Waals surface area contributed by atoms with E-state index in [1.165, 1.54) is 7.11 Å². The molecule has 0 radical (unpaired) electrons. The van der Waals surface area contributed by atoms with E-state index in [-0.39, 0.29) is 17.8 Å². The lowest BCUT2D eigenvalue weighted by molar-refractivity contribution is -0.144. The molecule has 0 spiro atoms. The van der Waals surface area contributed by atoms with Crippen molar-refractivity contribution in [2.24, 2.45) is 11.7 Å². The van der Waals surface area contributed by atoms with Gasteiger partial charge in [-0.1, -0.05) is 6.92 Å². The van der Waals surface area contributed by atoms with E-state index >= 15 is 0 Å². The van der Waals surface area contributed by atoms with Gasteiger partial charge in [0.1, 0.15) is 0 Å². The van der Waals surface area contributed by atoms with Gasteiger partial charge >= 0.3 is 5.97 Å². The highest BCUT2D eigenvalue weighted by molar-refractivity contribution is 5.73. The highest BCUT2D eigenvalue weighted by atomic mass is 16.5. The van der Waals surface area contributed by atoms with Crippen molar-refractivity contribution in [2.45, 2.75) is 19.8 Å². The molecule has 0 saturated heterocycles. The standard InChI is InChI=1S/C9H18N2O3/c1-7(9(13)14-2)6-11-5-3-4-8(10)12/h7,11H,3-6H2,1-2H3,(H2,10,12). The zero-order valence-corrected chi connectivity index (χ0v) is 8.71. The molecule has 1 unspecified atom stereocenters. The molecule has 82 valence electrons. The second kappa shape index (κ2) is 7.32. The number of ether oxygens (including phenoxy) is 1. The molecule has 5 heteroatoms. The Balaban J connectivity index is 3.36. The van der Waals surface area contributed by atoms with E-state index in [4.69, 9.17) is 5.73 Å². The molecule has 3 N–H and O–H groups in total. The van der Waals surface area contributed by atoms with Crippen LogP contribution in [0, 0.1) is 5.92 Å². The molecule has 0 aromatic heterocycles. The molecule has 5 nitrogen and oxygen atoms in total. The predicted molar refractivity (Wildman–Crippen MR) is 52.5 cm³/mol. The molecular weight excluding hydrogens is 184 g/mol. The number of hydrogen-bond acceptors (Lipinski definition) is 4. The summed E-state index contributed by atoms with van der Waals surface area (Å²) in [6.07, 6.45) is 1.07. The first-order valence-corrected chi connectivity index (χ1v) is 4.64. The Labute approximate surface area is 84.0 Å². The number of esters is 1. The zero-order valence-electron chi connectivity index (χ0n) is 8.71. The van der Waals surface area contributed by atoms with E-state index in [0.29, 0.717) is 25.9 Å². The molecule has 0 fully saturated rings. The first-order chi connectivity index (χ1) is 6.57. The van der Waals surface area contributed by atoms with Gasteiger partial charge in [-0.25, -0.2) is 0 Å². The molecule has 14 heavy (non-hydrogen) atoms. The Bertz CT molecular complexity index is 194. The fourth-order valence-corrected chi connectivity index (χ4v) is 0.991. The van der Waals surface area contributed by atoms with Crippen LogP contribution in [0.4, 0.5) is 0 Å². The lowest BCUT2D eigenvalue weighted by atomic mass is 10.2. The quantitative estimate of drug-likeness (QED) is 0.437. The van der Waals surface area contributed by atoms with Crippen LogP contribution in [0.2, 0.25) is 0 Å². The van der Waals surface area contributed by atoms with E-state index < -0.39 is 0 Å². The van der Waals surface area contributed by atoms with E-state index in [9.17, 15) is 9.59 Å². The van der Waals surface area contributed by atoms with Gasteiger partial charge in [0.15, 0.2) is 0 Å². The summed E-state index contributed by atoms with van der Waals surface area (Å²) in [5.41, 5.74) is 4.96. The summed E-state index contributed by atoms with van der Waals surface area (Å²) >= 11 is 0. The molecule has 1 atom stereocenters. The van der Waals surface area contributed by atoms with E-state index in [0.717, 1.165) is 0 Å². The number of nitrogens with two attached hydrogens (primary N) is 1. The molecule has 0 heterocycles. The second-order valence-corrected chi connectivity index (χ2v) is 3.20. The maximum absolute atomic E-state index is 10.9. The molecule has 0 aliphatic carbocycles. The molecule has 0 aliphatic heterocycles. The number of primary amides is 1. The third kappa shape index (κ3) is 6.42. The number of carbonyl (C=O) groups is 2. The van der Waals surface area contributed by atoms with Crippen LogP contribution in [0.25, 0.3) is 0 Å². The van der Waals surface area contributed by atoms with Gasteiger partial charge in [0, 0.05) is 13.0 Å². The highest BCUT2D eigenvalue weighted by Crippen LogP contribution is 1.95. The van der Waals surface area contributed by atoms with Crippen molar-refractivity contribution in [2.75, 3.05) is 20.2 Å². The number of amides is 1. The Morgan fingerprint density at radius 1 is 1.50 bits per heavy atom. The van der Waals surface area contributed by atoms with Crippen molar-refractivity contribution in [3.63, 3.8) is 0 Å². The molecule has 0 aromatic carbocycles. The SMILES string of the molecule is COC(=O)C(C)CNCCCC(N)=O. The van der Waals surface area contributed by atoms with Crippen molar-refractivity contribution < 1.29 is 14.3 Å². The summed E-state index contributed by atoms with van der Waals surface area (Å²) in [5, 5.41) is 3.05. The zero-order chi connectivity index (χ0) is 11.0. The third-order valence-corrected chi connectivity index (χ3v) is 1.83. The molecule has 0 rings (SSSR count). The normalized spacial score (nSPS) is 12.1. The van der Waals surface area contributed by atoms with Crippen molar-refractivity contribution in [3.8, 4) is 0 Å². The summed E-state index contributed by atoms with van der Waals surface area (Å²) in [6, 6.07) is 0. The van der Waals surface area contributed by atoms with Gasteiger partial charge in [-0.05, 0) is 13.0 Å². The number of methoxy groups -OCH3 is 1. The summed E-state index contributed by atoms with van der Waals surface area (Å²) in [7, 11) is 1.37. The average Bonchev–Trinajstić information content (AvgIpc) is 2.15. The van der Waals surface area contributed by atoms with Crippen molar-refractivity contribution in [1.29, 1.82) is 0 Å². The maximum Gasteiger partial charge on any atom is 0.309 e. The minimum atomic E-state index is -0.298. The topological polar surface area (TPSA) is 81.4 Å². The molecule has 0 aromatic rings. The van der Waals surface area contributed by atoms with Crippen LogP contribution in [0.3, 0.4) is 0 Å². The van der Waals surface area contributed by atoms with Gasteiger partial charge in [-0.2, -0.15) is 0 Å². The summed E-state index contributed by atoms with van der Waals surface area (Å²) < 4.78 is 4.55. The fraction of sp³-hybridized carbons (Fsp3) is 0.778. The van der Waals surface area contributed by atoms with Crippen LogP contribution in [0.5, 0.6) is 0 Å². The minimum absolute atomic E-state index is 0.159. The smallest absolute Gasteiger partial charge is 0.309 e. The minimum Gasteiger partial charge on any atom is -0.469 e. The van der Waals surface area contributed by atoms with E-state index in [1.54, 1.807) is 6.92 Å². The van der Waals surface area contributed by atoms with Crippen molar-refractivity contribution in [3.05, 3.63) is 0 Å². The van der Waals surface area contributed by atoms with E-state index in [1.807, 2.05) is 0 Å². The van der Waals surface area contributed by atoms with Crippen LogP contribution in [0.15, 0.2) is 0 Å². The van der Waals surface area contributed by atoms with Crippen molar-refractivity contribution >= 4 is 11.9 Å². The Hall–Kier alpha value is -1.10. The second-order valence-electron chi connectivity index (χ2n) is 3.20. The van der Waals surface area contributed by atoms with E-state index in [2.05, 4.69) is 10.1 Å². The van der Waals surface area contributed by atoms with Gasteiger partial charge in [0.05, 0.1) is 13.0 Å². The lowest BCUT2D eigenvalue weighted by Gasteiger charge is -2.09. The van der Waals surface area contributed by atoms with Gasteiger partial charge in [-0.3, -0.25) is 9.59 Å². The van der Waals surface area contributed by atoms with Crippen LogP contribution >= 0.6 is 0 Å². The van der Waals surface area contributed by atoms with Crippen LogP contribution in [-0.4, -0.2) is 32.1 Å². The number of rotatable bonds is 7. The molecule has 0 aliphatic rings. The Kier molecular flexibility index (Phi) is 6.74. The first-order valence-electron chi connectivity index (χ1n) is 4.64. The van der Waals surface area contributed by atoms with Gasteiger partial charge in [-0.15, -0.1) is 0 Å². The number of carbonyl (C=O) groups excluding carboxylic acids is 2. The average molecular weight is 202 g/mol. The molecule has 1 amide bonds. The van der Waals surface area contributed by atoms with Gasteiger partial charge < -0.3 is 15.8 Å². The lowest BCUT2D eigenvalue weighted by Crippen LogP contribution is -2.28. The number of nitrogens with one attached hydrogen (secondary N) is 1. The molecular formula is C9H18N2O3. The van der Waals surface area contributed by atoms with Gasteiger partial charge in [0.25, 0.3) is 0 Å². The van der Waals surface area contributed by atoms with Crippen LogP contribution < -0.4 is 11.1 Å². The Morgan fingerprint density at radius 2 is 2.14 bits per heavy atom. The monoisotopic (exact) mass is 202 g/mol. The number of hydrogen-bond donors (Lipinski definition) is 2. The summed E-state index contributed by atoms with van der Waals surface area (Å²) in [5.74, 6) is -0.686.